The van der Waals surface area contributed by atoms with Crippen molar-refractivity contribution < 1.29 is 8.78 Å². The molecule has 0 spiro atoms. The van der Waals surface area contributed by atoms with Crippen LogP contribution >= 0.6 is 23.2 Å². The second-order valence-corrected chi connectivity index (χ2v) is 6.19. The smallest absolute Gasteiger partial charge is 0.352 e. The minimum absolute atomic E-state index is 0.0151. The van der Waals surface area contributed by atoms with Crippen LogP contribution in [-0.2, 0) is 13.6 Å². The Hall–Kier alpha value is -2.45. The van der Waals surface area contributed by atoms with Crippen LogP contribution in [0.5, 0.6) is 0 Å². The van der Waals surface area contributed by atoms with E-state index in [9.17, 15) is 13.6 Å². The standard InChI is InChI=1S/C16H13Cl2F2N5O/c1-24-15(12(19)20)23-25(16(24)26)14-11(18)7-10(17)13(22-14)21-8-9-5-3-2-4-6-9/h2-7,12H,8H2,1H3,(H,21,22). The van der Waals surface area contributed by atoms with E-state index in [1.54, 1.807) is 0 Å². The highest BCUT2D eigenvalue weighted by Crippen LogP contribution is 2.28. The van der Waals surface area contributed by atoms with Gasteiger partial charge >= 0.3 is 5.69 Å². The van der Waals surface area contributed by atoms with Crippen molar-refractivity contribution in [2.24, 2.45) is 7.05 Å². The summed E-state index contributed by atoms with van der Waals surface area (Å²) in [5.74, 6) is -0.508. The Kier molecular flexibility index (Phi) is 5.24. The molecule has 0 aliphatic heterocycles. The van der Waals surface area contributed by atoms with Gasteiger partial charge in [-0.05, 0) is 11.6 Å². The molecule has 26 heavy (non-hydrogen) atoms. The van der Waals surface area contributed by atoms with E-state index < -0.39 is 17.9 Å². The molecule has 6 nitrogen and oxygen atoms in total. The molecular weight excluding hydrogens is 387 g/mol. The van der Waals surface area contributed by atoms with Gasteiger partial charge in [-0.2, -0.15) is 4.68 Å². The van der Waals surface area contributed by atoms with Crippen molar-refractivity contribution in [1.29, 1.82) is 0 Å². The third kappa shape index (κ3) is 3.56. The van der Waals surface area contributed by atoms with Gasteiger partial charge < -0.3 is 5.32 Å². The van der Waals surface area contributed by atoms with E-state index in [2.05, 4.69) is 15.4 Å². The largest absolute Gasteiger partial charge is 0.365 e. The van der Waals surface area contributed by atoms with Crippen molar-refractivity contribution in [2.75, 3.05) is 5.32 Å². The van der Waals surface area contributed by atoms with Gasteiger partial charge in [-0.25, -0.2) is 18.6 Å². The van der Waals surface area contributed by atoms with Crippen LogP contribution in [0.4, 0.5) is 14.6 Å². The number of nitrogens with zero attached hydrogens (tertiary/aromatic N) is 4. The predicted molar refractivity (Wildman–Crippen MR) is 95.3 cm³/mol. The van der Waals surface area contributed by atoms with Crippen molar-refractivity contribution in [3.63, 3.8) is 0 Å². The molecular formula is C16H13Cl2F2N5O. The Bertz CT molecular complexity index is 988. The molecule has 2 aromatic heterocycles. The molecule has 0 aliphatic rings. The number of hydrogen-bond donors (Lipinski definition) is 1. The first-order valence-corrected chi connectivity index (χ1v) is 8.22. The molecule has 0 aliphatic carbocycles. The normalized spacial score (nSPS) is 11.2. The van der Waals surface area contributed by atoms with Crippen molar-refractivity contribution in [3.8, 4) is 5.82 Å². The van der Waals surface area contributed by atoms with E-state index in [1.165, 1.54) is 13.1 Å². The second kappa shape index (κ2) is 7.43. The first-order valence-electron chi connectivity index (χ1n) is 7.46. The summed E-state index contributed by atoms with van der Waals surface area (Å²) in [4.78, 5) is 16.4. The van der Waals surface area contributed by atoms with E-state index in [4.69, 9.17) is 23.2 Å². The summed E-state index contributed by atoms with van der Waals surface area (Å²) in [6.45, 7) is 0.425. The summed E-state index contributed by atoms with van der Waals surface area (Å²) in [6.07, 6.45) is -2.91. The first-order chi connectivity index (χ1) is 12.4. The fourth-order valence-corrected chi connectivity index (χ4v) is 2.80. The lowest BCUT2D eigenvalue weighted by Crippen LogP contribution is -2.23. The molecule has 136 valence electrons. The van der Waals surface area contributed by atoms with Crippen LogP contribution in [0, 0.1) is 0 Å². The van der Waals surface area contributed by atoms with Gasteiger partial charge in [-0.3, -0.25) is 4.57 Å². The summed E-state index contributed by atoms with van der Waals surface area (Å²) in [6, 6.07) is 10.9. The molecule has 0 fully saturated rings. The number of alkyl halides is 2. The molecule has 0 amide bonds. The molecule has 10 heteroatoms. The SMILES string of the molecule is Cn1c(C(F)F)nn(-c2nc(NCc3ccccc3)c(Cl)cc2Cl)c1=O. The zero-order chi connectivity index (χ0) is 18.8. The molecule has 0 radical (unpaired) electrons. The van der Waals surface area contributed by atoms with Gasteiger partial charge in [0.1, 0.15) is 5.82 Å². The van der Waals surface area contributed by atoms with Crippen LogP contribution < -0.4 is 11.0 Å². The number of aromatic nitrogens is 4. The maximum absolute atomic E-state index is 13.0. The zero-order valence-electron chi connectivity index (χ0n) is 13.5. The Morgan fingerprint density at radius 3 is 2.50 bits per heavy atom. The third-order valence-corrected chi connectivity index (χ3v) is 4.19. The monoisotopic (exact) mass is 399 g/mol. The Labute approximate surface area is 157 Å². The lowest BCUT2D eigenvalue weighted by Gasteiger charge is -2.10. The fraction of sp³-hybridized carbons (Fsp3) is 0.188. The van der Waals surface area contributed by atoms with Gasteiger partial charge in [0.15, 0.2) is 5.82 Å². The average molecular weight is 400 g/mol. The van der Waals surface area contributed by atoms with Crippen molar-refractivity contribution in [1.82, 2.24) is 19.3 Å². The summed E-state index contributed by atoms with van der Waals surface area (Å²) in [5.41, 5.74) is 0.197. The van der Waals surface area contributed by atoms with E-state index in [-0.39, 0.29) is 21.7 Å². The molecule has 0 bridgehead atoms. The van der Waals surface area contributed by atoms with E-state index in [0.717, 1.165) is 14.8 Å². The first kappa shape index (κ1) is 18.3. The number of anilines is 1. The van der Waals surface area contributed by atoms with Crippen LogP contribution in [0.15, 0.2) is 41.2 Å². The second-order valence-electron chi connectivity index (χ2n) is 5.38. The molecule has 3 aromatic rings. The minimum Gasteiger partial charge on any atom is -0.365 e. The molecule has 0 saturated heterocycles. The van der Waals surface area contributed by atoms with Crippen molar-refractivity contribution in [2.45, 2.75) is 13.0 Å². The Morgan fingerprint density at radius 2 is 1.88 bits per heavy atom. The Morgan fingerprint density at radius 1 is 1.19 bits per heavy atom. The minimum atomic E-state index is -2.91. The number of benzene rings is 1. The molecule has 0 atom stereocenters. The van der Waals surface area contributed by atoms with E-state index >= 15 is 0 Å². The van der Waals surface area contributed by atoms with Crippen LogP contribution in [0.25, 0.3) is 5.82 Å². The van der Waals surface area contributed by atoms with Gasteiger partial charge in [0.25, 0.3) is 6.43 Å². The maximum Gasteiger partial charge on any atom is 0.352 e. The highest BCUT2D eigenvalue weighted by molar-refractivity contribution is 6.36. The quantitative estimate of drug-likeness (QED) is 0.707. The maximum atomic E-state index is 13.0. The van der Waals surface area contributed by atoms with Crippen molar-refractivity contribution in [3.05, 3.63) is 68.3 Å². The summed E-state index contributed by atoms with van der Waals surface area (Å²) < 4.78 is 27.4. The molecule has 1 N–H and O–H groups in total. The topological polar surface area (TPSA) is 64.7 Å². The van der Waals surface area contributed by atoms with Gasteiger partial charge in [0.05, 0.1) is 10.0 Å². The summed E-state index contributed by atoms with van der Waals surface area (Å²) >= 11 is 12.2. The molecule has 3 rings (SSSR count). The van der Waals surface area contributed by atoms with Gasteiger partial charge in [-0.15, -0.1) is 5.10 Å². The lowest BCUT2D eigenvalue weighted by atomic mass is 10.2. The average Bonchev–Trinajstić information content (AvgIpc) is 2.91. The van der Waals surface area contributed by atoms with Gasteiger partial charge in [0.2, 0.25) is 5.82 Å². The highest BCUT2D eigenvalue weighted by Gasteiger charge is 2.22. The van der Waals surface area contributed by atoms with Crippen LogP contribution in [0.3, 0.4) is 0 Å². The molecule has 0 unspecified atom stereocenters. The number of rotatable bonds is 5. The number of pyridine rings is 1. The van der Waals surface area contributed by atoms with Crippen LogP contribution in [0.1, 0.15) is 17.8 Å². The van der Waals surface area contributed by atoms with E-state index in [1.807, 2.05) is 30.3 Å². The summed E-state index contributed by atoms with van der Waals surface area (Å²) in [5, 5.41) is 6.90. The number of hydrogen-bond acceptors (Lipinski definition) is 4. The number of nitrogens with one attached hydrogen (secondary N) is 1. The van der Waals surface area contributed by atoms with Crippen LogP contribution in [0.2, 0.25) is 10.0 Å². The Balaban J connectivity index is 1.99. The van der Waals surface area contributed by atoms with Gasteiger partial charge in [0, 0.05) is 13.6 Å². The molecule has 0 saturated carbocycles. The third-order valence-electron chi connectivity index (χ3n) is 3.62. The molecule has 2 heterocycles. The fourth-order valence-electron chi connectivity index (χ4n) is 2.29. The predicted octanol–water partition coefficient (Wildman–Crippen LogP) is 3.82. The highest BCUT2D eigenvalue weighted by atomic mass is 35.5. The molecule has 1 aromatic carbocycles. The van der Waals surface area contributed by atoms with Crippen LogP contribution in [-0.4, -0.2) is 19.3 Å². The zero-order valence-corrected chi connectivity index (χ0v) is 15.0. The van der Waals surface area contributed by atoms with Gasteiger partial charge in [-0.1, -0.05) is 53.5 Å². The number of halogens is 4. The lowest BCUT2D eigenvalue weighted by molar-refractivity contribution is 0.136. The van der Waals surface area contributed by atoms with Crippen molar-refractivity contribution >= 4 is 29.0 Å². The summed E-state index contributed by atoms with van der Waals surface area (Å²) in [7, 11) is 1.20. The van der Waals surface area contributed by atoms with E-state index in [0.29, 0.717) is 6.54 Å².